The average Bonchev–Trinajstić information content (AvgIpc) is 2.84. The van der Waals surface area contributed by atoms with Crippen molar-refractivity contribution in [1.29, 1.82) is 0 Å². The second-order valence-electron chi connectivity index (χ2n) is 8.98. The van der Waals surface area contributed by atoms with Crippen LogP contribution >= 0.6 is 11.6 Å². The molecule has 0 bridgehead atoms. The van der Waals surface area contributed by atoms with E-state index in [2.05, 4.69) is 11.8 Å². The van der Waals surface area contributed by atoms with E-state index in [1.807, 2.05) is 11.8 Å². The van der Waals surface area contributed by atoms with Gasteiger partial charge < -0.3 is 9.47 Å². The molecule has 0 radical (unpaired) electrons. The second-order valence-corrected chi connectivity index (χ2v) is 11.3. The van der Waals surface area contributed by atoms with Gasteiger partial charge in [-0.2, -0.15) is 0 Å². The molecule has 0 saturated carbocycles. The molecule has 2 aromatic carbocycles. The Morgan fingerprint density at radius 2 is 1.74 bits per heavy atom. The van der Waals surface area contributed by atoms with Crippen molar-refractivity contribution in [2.75, 3.05) is 37.6 Å². The lowest BCUT2D eigenvalue weighted by Crippen LogP contribution is -2.46. The fraction of sp³-hybridized carbons (Fsp3) is 0.423. The van der Waals surface area contributed by atoms with Crippen molar-refractivity contribution in [1.82, 2.24) is 9.47 Å². The molecule has 0 atom stereocenters. The van der Waals surface area contributed by atoms with Crippen molar-refractivity contribution in [3.63, 3.8) is 0 Å². The van der Waals surface area contributed by atoms with Crippen molar-refractivity contribution < 1.29 is 12.8 Å². The van der Waals surface area contributed by atoms with Gasteiger partial charge in [0.1, 0.15) is 10.7 Å². The molecule has 2 heterocycles. The zero-order valence-corrected chi connectivity index (χ0v) is 21.7. The molecule has 0 N–H and O–H groups in total. The first-order chi connectivity index (χ1) is 16.8. The maximum absolute atomic E-state index is 15.3. The molecule has 35 heavy (non-hydrogen) atoms. The molecule has 3 aromatic rings. The minimum absolute atomic E-state index is 0.0643. The molecule has 0 aliphatic carbocycles. The lowest BCUT2D eigenvalue weighted by molar-refractivity contribution is 0.258. The minimum Gasteiger partial charge on any atom is -0.367 e. The van der Waals surface area contributed by atoms with Crippen LogP contribution in [0.25, 0.3) is 10.9 Å². The predicted molar refractivity (Wildman–Crippen MR) is 139 cm³/mol. The summed E-state index contributed by atoms with van der Waals surface area (Å²) in [4.78, 5) is 17.3. The molecule has 6 nitrogen and oxygen atoms in total. The van der Waals surface area contributed by atoms with Crippen LogP contribution in [0.3, 0.4) is 0 Å². The van der Waals surface area contributed by atoms with Crippen molar-refractivity contribution >= 4 is 38.0 Å². The number of pyridine rings is 1. The van der Waals surface area contributed by atoms with Crippen LogP contribution in [0.15, 0.2) is 57.2 Å². The van der Waals surface area contributed by atoms with Crippen LogP contribution in [0.4, 0.5) is 10.1 Å². The van der Waals surface area contributed by atoms with Crippen LogP contribution in [0.5, 0.6) is 0 Å². The fourth-order valence-corrected chi connectivity index (χ4v) is 6.28. The standard InChI is InChI=1S/C26H31ClFN3O3S/c1-3-5-10-31-18-25(35(33,34)20-8-6-7-19(27)15-20)26(32)21-16-22(28)24(17-23(21)31)30-13-11-29(9-4-2)12-14-30/h6-8,15-18H,3-5,9-14H2,1-2H3. The normalized spacial score (nSPS) is 15.1. The van der Waals surface area contributed by atoms with Gasteiger partial charge in [-0.1, -0.05) is 37.9 Å². The van der Waals surface area contributed by atoms with E-state index in [9.17, 15) is 13.2 Å². The molecule has 1 aliphatic rings. The number of hydrogen-bond acceptors (Lipinski definition) is 5. The first kappa shape index (κ1) is 25.7. The number of halogens is 2. The predicted octanol–water partition coefficient (Wildman–Crippen LogP) is 4.96. The second kappa shape index (κ2) is 10.7. The third-order valence-corrected chi connectivity index (χ3v) is 8.50. The molecule has 0 spiro atoms. The fourth-order valence-electron chi connectivity index (χ4n) is 4.61. The summed E-state index contributed by atoms with van der Waals surface area (Å²) in [5.41, 5.74) is 0.288. The summed E-state index contributed by atoms with van der Waals surface area (Å²) in [7, 11) is -4.14. The van der Waals surface area contributed by atoms with Crippen molar-refractivity contribution in [2.24, 2.45) is 0 Å². The topological polar surface area (TPSA) is 62.6 Å². The van der Waals surface area contributed by atoms with Gasteiger partial charge in [0.05, 0.1) is 21.5 Å². The Labute approximate surface area is 210 Å². The maximum Gasteiger partial charge on any atom is 0.211 e. The SMILES string of the molecule is CCCCn1cc(S(=O)(=O)c2cccc(Cl)c2)c(=O)c2cc(F)c(N3CCN(CCC)CC3)cc21. The highest BCUT2D eigenvalue weighted by atomic mass is 35.5. The summed E-state index contributed by atoms with van der Waals surface area (Å²) in [6.45, 7) is 8.82. The minimum atomic E-state index is -4.14. The highest BCUT2D eigenvalue weighted by Gasteiger charge is 2.26. The Balaban J connectivity index is 1.83. The van der Waals surface area contributed by atoms with Crippen molar-refractivity contribution in [2.45, 2.75) is 49.4 Å². The molecule has 1 aromatic heterocycles. The van der Waals surface area contributed by atoms with Crippen LogP contribution in [0.1, 0.15) is 33.1 Å². The van der Waals surface area contributed by atoms with Gasteiger partial charge in [-0.15, -0.1) is 0 Å². The van der Waals surface area contributed by atoms with Gasteiger partial charge in [0.25, 0.3) is 0 Å². The van der Waals surface area contributed by atoms with Crippen LogP contribution in [0, 0.1) is 5.82 Å². The summed E-state index contributed by atoms with van der Waals surface area (Å²) in [5.74, 6) is -0.516. The first-order valence-corrected chi connectivity index (χ1v) is 14.0. The van der Waals surface area contributed by atoms with Crippen molar-refractivity contribution in [3.05, 3.63) is 63.7 Å². The van der Waals surface area contributed by atoms with Crippen LogP contribution < -0.4 is 10.3 Å². The summed E-state index contributed by atoms with van der Waals surface area (Å²) >= 11 is 6.01. The van der Waals surface area contributed by atoms with Crippen LogP contribution in [-0.2, 0) is 16.4 Å². The molecule has 188 valence electrons. The number of rotatable bonds is 8. The quantitative estimate of drug-likeness (QED) is 0.421. The number of anilines is 1. The molecule has 1 fully saturated rings. The number of sulfone groups is 1. The van der Waals surface area contributed by atoms with Gasteiger partial charge in [-0.25, -0.2) is 12.8 Å². The monoisotopic (exact) mass is 519 g/mol. The number of aromatic nitrogens is 1. The zero-order valence-electron chi connectivity index (χ0n) is 20.1. The lowest BCUT2D eigenvalue weighted by atomic mass is 10.1. The van der Waals surface area contributed by atoms with E-state index in [0.717, 1.165) is 38.9 Å². The van der Waals surface area contributed by atoms with E-state index in [-0.39, 0.29) is 20.2 Å². The molecular weight excluding hydrogens is 489 g/mol. The van der Waals surface area contributed by atoms with Crippen molar-refractivity contribution in [3.8, 4) is 0 Å². The van der Waals surface area contributed by atoms with E-state index in [1.165, 1.54) is 30.5 Å². The van der Waals surface area contributed by atoms with Crippen LogP contribution in [0.2, 0.25) is 5.02 Å². The largest absolute Gasteiger partial charge is 0.367 e. The highest BCUT2D eigenvalue weighted by molar-refractivity contribution is 7.91. The van der Waals surface area contributed by atoms with E-state index in [4.69, 9.17) is 11.6 Å². The van der Waals surface area contributed by atoms with E-state index in [0.29, 0.717) is 30.8 Å². The Kier molecular flexibility index (Phi) is 7.83. The zero-order chi connectivity index (χ0) is 25.2. The lowest BCUT2D eigenvalue weighted by Gasteiger charge is -2.36. The summed E-state index contributed by atoms with van der Waals surface area (Å²) in [6.07, 6.45) is 4.15. The number of hydrogen-bond donors (Lipinski definition) is 0. The van der Waals surface area contributed by atoms with Gasteiger partial charge in [-0.05, 0) is 49.7 Å². The van der Waals surface area contributed by atoms with Crippen LogP contribution in [-0.4, -0.2) is 50.6 Å². The number of fused-ring (bicyclic) bond motifs is 1. The number of unbranched alkanes of at least 4 members (excludes halogenated alkanes) is 1. The maximum atomic E-state index is 15.3. The summed E-state index contributed by atoms with van der Waals surface area (Å²) in [6, 6.07) is 8.72. The van der Waals surface area contributed by atoms with E-state index >= 15 is 4.39 Å². The average molecular weight is 520 g/mol. The smallest absolute Gasteiger partial charge is 0.211 e. The highest BCUT2D eigenvalue weighted by Crippen LogP contribution is 2.29. The molecule has 1 saturated heterocycles. The van der Waals surface area contributed by atoms with E-state index < -0.39 is 21.1 Å². The van der Waals surface area contributed by atoms with Gasteiger partial charge in [0.15, 0.2) is 0 Å². The molecule has 0 unspecified atom stereocenters. The number of benzene rings is 2. The Morgan fingerprint density at radius 1 is 1.00 bits per heavy atom. The van der Waals surface area contributed by atoms with Gasteiger partial charge in [0, 0.05) is 43.9 Å². The number of piperazine rings is 1. The molecular formula is C26H31ClFN3O3S. The van der Waals surface area contributed by atoms with Gasteiger partial charge in [0.2, 0.25) is 15.3 Å². The summed E-state index contributed by atoms with van der Waals surface area (Å²) in [5, 5.41) is 0.322. The number of nitrogens with zero attached hydrogens (tertiary/aromatic N) is 3. The molecule has 4 rings (SSSR count). The Bertz CT molecular complexity index is 1380. The molecule has 9 heteroatoms. The third kappa shape index (κ3) is 5.25. The Hall–Kier alpha value is -2.42. The van der Waals surface area contributed by atoms with Gasteiger partial charge in [-0.3, -0.25) is 9.69 Å². The molecule has 0 amide bonds. The third-order valence-electron chi connectivity index (χ3n) is 6.52. The van der Waals surface area contributed by atoms with Gasteiger partial charge >= 0.3 is 0 Å². The Morgan fingerprint density at radius 3 is 2.40 bits per heavy atom. The van der Waals surface area contributed by atoms with E-state index in [1.54, 1.807) is 16.7 Å². The number of aryl methyl sites for hydroxylation is 1. The molecule has 1 aliphatic heterocycles. The first-order valence-electron chi connectivity index (χ1n) is 12.1. The summed E-state index contributed by atoms with van der Waals surface area (Å²) < 4.78 is 43.9.